The number of halogens is 1. The van der Waals surface area contributed by atoms with E-state index >= 15 is 0 Å². The largest absolute Gasteiger partial charge is 0.376 e. The van der Waals surface area contributed by atoms with Crippen LogP contribution in [0.1, 0.15) is 15.9 Å². The number of amides is 2. The summed E-state index contributed by atoms with van der Waals surface area (Å²) in [6.07, 6.45) is 0. The van der Waals surface area contributed by atoms with Crippen LogP contribution in [0.3, 0.4) is 0 Å². The molecule has 0 aromatic heterocycles. The number of para-hydroxylation sites is 1. The zero-order chi connectivity index (χ0) is 20.6. The third-order valence-electron chi connectivity index (χ3n) is 4.47. The molecule has 3 aromatic carbocycles. The lowest BCUT2D eigenvalue weighted by molar-refractivity contribution is -0.119. The molecule has 5 nitrogen and oxygen atoms in total. The Hall–Kier alpha value is -3.31. The molecule has 2 N–H and O–H groups in total. The van der Waals surface area contributed by atoms with Crippen LogP contribution in [0.15, 0.2) is 78.9 Å². The zero-order valence-corrected chi connectivity index (χ0v) is 16.8. The molecular weight excluding hydrogens is 386 g/mol. The van der Waals surface area contributed by atoms with E-state index < -0.39 is 0 Å². The van der Waals surface area contributed by atoms with Crippen molar-refractivity contribution in [2.24, 2.45) is 0 Å². The number of anilines is 2. The second kappa shape index (κ2) is 9.75. The second-order valence-corrected chi connectivity index (χ2v) is 6.91. The van der Waals surface area contributed by atoms with E-state index in [1.54, 1.807) is 42.3 Å². The van der Waals surface area contributed by atoms with Crippen LogP contribution in [-0.2, 0) is 11.3 Å². The van der Waals surface area contributed by atoms with Crippen molar-refractivity contribution in [2.45, 2.75) is 6.54 Å². The third kappa shape index (κ3) is 5.59. The number of carbonyl (C=O) groups is 2. The maximum absolute atomic E-state index is 12.6. The summed E-state index contributed by atoms with van der Waals surface area (Å²) in [6, 6.07) is 23.9. The Bertz CT molecular complexity index is 975. The highest BCUT2D eigenvalue weighted by molar-refractivity contribution is 6.31. The summed E-state index contributed by atoms with van der Waals surface area (Å²) in [4.78, 5) is 26.2. The average Bonchev–Trinajstić information content (AvgIpc) is 2.77. The molecule has 0 aliphatic carbocycles. The Morgan fingerprint density at radius 1 is 0.897 bits per heavy atom. The SMILES string of the molecule is CN(C(=O)c1ccc(NCC(=O)NCc2ccccc2Cl)cc1)c1ccccc1. The first-order chi connectivity index (χ1) is 14.0. The van der Waals surface area contributed by atoms with Gasteiger partial charge in [-0.1, -0.05) is 48.0 Å². The fourth-order valence-corrected chi connectivity index (χ4v) is 2.98. The van der Waals surface area contributed by atoms with Gasteiger partial charge in [-0.3, -0.25) is 9.59 Å². The average molecular weight is 408 g/mol. The van der Waals surface area contributed by atoms with Gasteiger partial charge in [0.25, 0.3) is 5.91 Å². The van der Waals surface area contributed by atoms with Gasteiger partial charge in [0.05, 0.1) is 6.54 Å². The molecule has 0 radical (unpaired) electrons. The van der Waals surface area contributed by atoms with E-state index in [0.29, 0.717) is 17.1 Å². The lowest BCUT2D eigenvalue weighted by Crippen LogP contribution is -2.29. The molecule has 0 unspecified atom stereocenters. The monoisotopic (exact) mass is 407 g/mol. The van der Waals surface area contributed by atoms with Crippen molar-refractivity contribution >= 4 is 34.8 Å². The molecule has 148 valence electrons. The highest BCUT2D eigenvalue weighted by atomic mass is 35.5. The number of hydrogen-bond donors (Lipinski definition) is 2. The highest BCUT2D eigenvalue weighted by Gasteiger charge is 2.13. The van der Waals surface area contributed by atoms with Crippen LogP contribution in [0.5, 0.6) is 0 Å². The van der Waals surface area contributed by atoms with Gasteiger partial charge in [-0.15, -0.1) is 0 Å². The molecular formula is C23H22ClN3O2. The molecule has 3 rings (SSSR count). The van der Waals surface area contributed by atoms with Crippen LogP contribution in [-0.4, -0.2) is 25.4 Å². The summed E-state index contributed by atoms with van der Waals surface area (Å²) in [5.41, 5.74) is 3.03. The first-order valence-corrected chi connectivity index (χ1v) is 9.59. The van der Waals surface area contributed by atoms with E-state index in [1.807, 2.05) is 48.5 Å². The molecule has 0 aliphatic heterocycles. The van der Waals surface area contributed by atoms with Gasteiger partial charge >= 0.3 is 0 Å². The quantitative estimate of drug-likeness (QED) is 0.612. The molecule has 0 spiro atoms. The van der Waals surface area contributed by atoms with Gasteiger partial charge in [-0.05, 0) is 48.0 Å². The Balaban J connectivity index is 1.50. The summed E-state index contributed by atoms with van der Waals surface area (Å²) in [7, 11) is 1.74. The zero-order valence-electron chi connectivity index (χ0n) is 16.1. The normalized spacial score (nSPS) is 10.3. The van der Waals surface area contributed by atoms with E-state index in [4.69, 9.17) is 11.6 Å². The van der Waals surface area contributed by atoms with Gasteiger partial charge in [-0.2, -0.15) is 0 Å². The Morgan fingerprint density at radius 2 is 1.55 bits per heavy atom. The van der Waals surface area contributed by atoms with E-state index in [-0.39, 0.29) is 18.4 Å². The molecule has 2 amide bonds. The lowest BCUT2D eigenvalue weighted by atomic mass is 10.1. The summed E-state index contributed by atoms with van der Waals surface area (Å²) < 4.78 is 0. The van der Waals surface area contributed by atoms with Crippen LogP contribution < -0.4 is 15.5 Å². The van der Waals surface area contributed by atoms with E-state index in [9.17, 15) is 9.59 Å². The Labute approximate surface area is 175 Å². The topological polar surface area (TPSA) is 61.4 Å². The first kappa shape index (κ1) is 20.4. The highest BCUT2D eigenvalue weighted by Crippen LogP contribution is 2.17. The number of benzene rings is 3. The summed E-state index contributed by atoms with van der Waals surface area (Å²) in [5, 5.41) is 6.50. The number of nitrogens with one attached hydrogen (secondary N) is 2. The minimum absolute atomic E-state index is 0.0970. The Kier molecular flexibility index (Phi) is 6.87. The van der Waals surface area contributed by atoms with Gasteiger partial charge in [0.1, 0.15) is 0 Å². The predicted octanol–water partition coefficient (Wildman–Crippen LogP) is 4.34. The maximum Gasteiger partial charge on any atom is 0.258 e. The fourth-order valence-electron chi connectivity index (χ4n) is 2.77. The minimum atomic E-state index is -0.145. The molecule has 0 aliphatic rings. The van der Waals surface area contributed by atoms with Crippen LogP contribution >= 0.6 is 11.6 Å². The van der Waals surface area contributed by atoms with Gasteiger partial charge in [-0.25, -0.2) is 0 Å². The van der Waals surface area contributed by atoms with Crippen molar-refractivity contribution in [2.75, 3.05) is 23.8 Å². The van der Waals surface area contributed by atoms with Gasteiger partial charge in [0.15, 0.2) is 0 Å². The standard InChI is InChI=1S/C23H22ClN3O2/c1-27(20-8-3-2-4-9-20)23(29)17-11-13-19(14-12-17)25-16-22(28)26-15-18-7-5-6-10-21(18)24/h2-14,25H,15-16H2,1H3,(H,26,28). The minimum Gasteiger partial charge on any atom is -0.376 e. The summed E-state index contributed by atoms with van der Waals surface area (Å²) >= 11 is 6.08. The maximum atomic E-state index is 12.6. The van der Waals surface area contributed by atoms with E-state index in [2.05, 4.69) is 10.6 Å². The van der Waals surface area contributed by atoms with Crippen molar-refractivity contribution in [1.82, 2.24) is 5.32 Å². The molecule has 0 bridgehead atoms. The van der Waals surface area contributed by atoms with Gasteiger partial charge < -0.3 is 15.5 Å². The third-order valence-corrected chi connectivity index (χ3v) is 4.84. The summed E-state index contributed by atoms with van der Waals surface area (Å²) in [5.74, 6) is -0.242. The van der Waals surface area contributed by atoms with Crippen molar-refractivity contribution in [1.29, 1.82) is 0 Å². The van der Waals surface area contributed by atoms with Crippen molar-refractivity contribution in [3.63, 3.8) is 0 Å². The molecule has 0 saturated carbocycles. The molecule has 3 aromatic rings. The lowest BCUT2D eigenvalue weighted by Gasteiger charge is -2.17. The molecule has 29 heavy (non-hydrogen) atoms. The fraction of sp³-hybridized carbons (Fsp3) is 0.130. The second-order valence-electron chi connectivity index (χ2n) is 6.50. The van der Waals surface area contributed by atoms with Crippen molar-refractivity contribution in [3.8, 4) is 0 Å². The number of nitrogens with zero attached hydrogens (tertiary/aromatic N) is 1. The molecule has 0 atom stereocenters. The van der Waals surface area contributed by atoms with Crippen LogP contribution in [0.4, 0.5) is 11.4 Å². The van der Waals surface area contributed by atoms with Crippen molar-refractivity contribution in [3.05, 3.63) is 95.0 Å². The first-order valence-electron chi connectivity index (χ1n) is 9.22. The summed E-state index contributed by atoms with van der Waals surface area (Å²) in [6.45, 7) is 0.501. The van der Waals surface area contributed by atoms with E-state index in [1.165, 1.54) is 0 Å². The van der Waals surface area contributed by atoms with Crippen LogP contribution in [0.25, 0.3) is 0 Å². The Morgan fingerprint density at radius 3 is 2.24 bits per heavy atom. The molecule has 6 heteroatoms. The van der Waals surface area contributed by atoms with Crippen molar-refractivity contribution < 1.29 is 9.59 Å². The van der Waals surface area contributed by atoms with Gasteiger partial charge in [0, 0.05) is 35.6 Å². The van der Waals surface area contributed by atoms with Crippen LogP contribution in [0.2, 0.25) is 5.02 Å². The van der Waals surface area contributed by atoms with Crippen LogP contribution in [0, 0.1) is 0 Å². The van der Waals surface area contributed by atoms with E-state index in [0.717, 1.165) is 16.9 Å². The molecule has 0 saturated heterocycles. The predicted molar refractivity (Wildman–Crippen MR) is 117 cm³/mol. The molecule has 0 fully saturated rings. The number of carbonyl (C=O) groups excluding carboxylic acids is 2. The number of rotatable bonds is 7. The number of hydrogen-bond acceptors (Lipinski definition) is 3. The smallest absolute Gasteiger partial charge is 0.258 e. The molecule has 0 heterocycles. The van der Waals surface area contributed by atoms with Gasteiger partial charge in [0.2, 0.25) is 5.91 Å².